The molecule has 1 unspecified atom stereocenters. The second-order valence-corrected chi connectivity index (χ2v) is 7.80. The Labute approximate surface area is 175 Å². The summed E-state index contributed by atoms with van der Waals surface area (Å²) in [6.07, 6.45) is 2.64. The smallest absolute Gasteiger partial charge is 0.216 e. The maximum Gasteiger partial charge on any atom is 0.216 e. The van der Waals surface area contributed by atoms with Crippen molar-refractivity contribution in [2.24, 2.45) is 10.9 Å². The highest BCUT2D eigenvalue weighted by Crippen LogP contribution is 2.23. The van der Waals surface area contributed by atoms with Crippen LogP contribution < -0.4 is 10.6 Å². The van der Waals surface area contributed by atoms with Crippen LogP contribution in [0.15, 0.2) is 9.41 Å². The van der Waals surface area contributed by atoms with Crippen LogP contribution in [-0.2, 0) is 6.54 Å². The number of aliphatic imine (C=N–C) groups is 1. The first-order valence-electron chi connectivity index (χ1n) is 9.52. The number of nitrogens with zero attached hydrogens (tertiary/aromatic N) is 3. The number of rotatable bonds is 6. The number of nitrogens with one attached hydrogen (secondary N) is 2. The predicted molar refractivity (Wildman–Crippen MR) is 118 cm³/mol. The Hall–Kier alpha value is -0.830. The van der Waals surface area contributed by atoms with E-state index in [4.69, 9.17) is 4.42 Å². The molecular weight excluding hydrogens is 441 g/mol. The molecule has 0 aromatic carbocycles. The zero-order valence-electron chi connectivity index (χ0n) is 17.2. The van der Waals surface area contributed by atoms with E-state index in [1.165, 1.54) is 25.9 Å². The second kappa shape index (κ2) is 10.5. The van der Waals surface area contributed by atoms with E-state index in [-0.39, 0.29) is 29.5 Å². The molecule has 0 radical (unpaired) electrons. The van der Waals surface area contributed by atoms with Gasteiger partial charge in [-0.15, -0.1) is 24.0 Å². The van der Waals surface area contributed by atoms with Crippen molar-refractivity contribution in [3.63, 3.8) is 0 Å². The topological polar surface area (TPSA) is 65.7 Å². The monoisotopic (exact) mass is 477 g/mol. The molecule has 1 aromatic rings. The van der Waals surface area contributed by atoms with Gasteiger partial charge in [0.25, 0.3) is 0 Å². The van der Waals surface area contributed by atoms with Crippen LogP contribution in [0.3, 0.4) is 0 Å². The van der Waals surface area contributed by atoms with E-state index in [1.54, 1.807) is 0 Å². The zero-order valence-corrected chi connectivity index (χ0v) is 19.5. The summed E-state index contributed by atoms with van der Waals surface area (Å²) in [4.78, 5) is 11.6. The minimum Gasteiger partial charge on any atom is -0.444 e. The first kappa shape index (κ1) is 23.2. The molecule has 1 fully saturated rings. The van der Waals surface area contributed by atoms with Gasteiger partial charge < -0.3 is 15.1 Å². The minimum atomic E-state index is 0. The number of aryl methyl sites for hydroxylation is 2. The van der Waals surface area contributed by atoms with Gasteiger partial charge in [-0.3, -0.25) is 4.90 Å². The summed E-state index contributed by atoms with van der Waals surface area (Å²) in [6.45, 7) is 17.4. The fourth-order valence-electron chi connectivity index (χ4n) is 3.25. The molecule has 0 bridgehead atoms. The summed E-state index contributed by atoms with van der Waals surface area (Å²) in [7, 11) is 0. The van der Waals surface area contributed by atoms with Gasteiger partial charge in [-0.2, -0.15) is 0 Å². The molecule has 1 aliphatic rings. The van der Waals surface area contributed by atoms with E-state index in [0.29, 0.717) is 12.4 Å². The Morgan fingerprint density at radius 2 is 2.08 bits per heavy atom. The fourth-order valence-corrected chi connectivity index (χ4v) is 3.25. The summed E-state index contributed by atoms with van der Waals surface area (Å²) in [5.74, 6) is 3.13. The van der Waals surface area contributed by atoms with Crippen molar-refractivity contribution in [2.75, 3.05) is 26.2 Å². The van der Waals surface area contributed by atoms with Crippen LogP contribution in [0.4, 0.5) is 0 Å². The normalized spacial score (nSPS) is 19.2. The van der Waals surface area contributed by atoms with Gasteiger partial charge in [-0.25, -0.2) is 9.98 Å². The molecule has 1 aromatic heterocycles. The molecule has 0 saturated carbocycles. The summed E-state index contributed by atoms with van der Waals surface area (Å²) in [6, 6.07) is 0. The molecule has 1 aliphatic heterocycles. The quantitative estimate of drug-likeness (QED) is 0.373. The third-order valence-corrected chi connectivity index (χ3v) is 4.99. The molecule has 0 amide bonds. The number of guanidine groups is 1. The molecule has 2 heterocycles. The van der Waals surface area contributed by atoms with Crippen molar-refractivity contribution in [1.29, 1.82) is 0 Å². The highest BCUT2D eigenvalue weighted by molar-refractivity contribution is 14.0. The van der Waals surface area contributed by atoms with Gasteiger partial charge in [-0.1, -0.05) is 6.92 Å². The lowest BCUT2D eigenvalue weighted by molar-refractivity contribution is 0.0739. The lowest BCUT2D eigenvalue weighted by Gasteiger charge is -2.43. The third-order valence-electron chi connectivity index (χ3n) is 4.99. The Balaban J connectivity index is 0.00000338. The Morgan fingerprint density at radius 3 is 2.65 bits per heavy atom. The standard InChI is InChI=1S/C19H35N5O.HI/c1-7-20-18(21-11-17-23-15(3)16(4)25-17)22-13-19(5,6)24-10-8-9-14(2)12-24;/h14H,7-13H2,1-6H3,(H2,20,21,22);1H. The molecule has 150 valence electrons. The van der Waals surface area contributed by atoms with Crippen LogP contribution in [0, 0.1) is 19.8 Å². The Bertz CT molecular complexity index is 565. The molecule has 0 aliphatic carbocycles. The van der Waals surface area contributed by atoms with Crippen molar-refractivity contribution in [3.05, 3.63) is 17.3 Å². The van der Waals surface area contributed by atoms with Gasteiger partial charge in [0.2, 0.25) is 5.89 Å². The van der Waals surface area contributed by atoms with E-state index in [1.807, 2.05) is 13.8 Å². The fraction of sp³-hybridized carbons (Fsp3) is 0.789. The Kier molecular flexibility index (Phi) is 9.36. The molecule has 6 nitrogen and oxygen atoms in total. The molecular formula is C19H36IN5O. The average molecular weight is 477 g/mol. The van der Waals surface area contributed by atoms with Crippen LogP contribution in [0.1, 0.15) is 57.9 Å². The van der Waals surface area contributed by atoms with E-state index < -0.39 is 0 Å². The van der Waals surface area contributed by atoms with Crippen LogP contribution in [0.2, 0.25) is 0 Å². The van der Waals surface area contributed by atoms with Crippen molar-refractivity contribution in [3.8, 4) is 0 Å². The largest absolute Gasteiger partial charge is 0.444 e. The summed E-state index contributed by atoms with van der Waals surface area (Å²) in [5, 5.41) is 6.80. The Morgan fingerprint density at radius 1 is 1.35 bits per heavy atom. The lowest BCUT2D eigenvalue weighted by atomic mass is 9.93. The zero-order chi connectivity index (χ0) is 18.4. The highest BCUT2D eigenvalue weighted by Gasteiger charge is 2.30. The number of aromatic nitrogens is 1. The SMILES string of the molecule is CCNC(=NCc1nc(C)c(C)o1)NCC(C)(C)N1CCCC(C)C1.I. The van der Waals surface area contributed by atoms with Gasteiger partial charge in [0, 0.05) is 25.2 Å². The molecule has 0 spiro atoms. The number of piperidine rings is 1. The number of hydrogen-bond acceptors (Lipinski definition) is 4. The minimum absolute atomic E-state index is 0. The lowest BCUT2D eigenvalue weighted by Crippen LogP contribution is -2.56. The first-order chi connectivity index (χ1) is 11.8. The molecule has 1 atom stereocenters. The summed E-state index contributed by atoms with van der Waals surface area (Å²) >= 11 is 0. The predicted octanol–water partition coefficient (Wildman–Crippen LogP) is 3.48. The van der Waals surface area contributed by atoms with Gasteiger partial charge in [0.15, 0.2) is 5.96 Å². The van der Waals surface area contributed by atoms with Gasteiger partial charge in [0.1, 0.15) is 12.3 Å². The van der Waals surface area contributed by atoms with E-state index in [0.717, 1.165) is 36.4 Å². The van der Waals surface area contributed by atoms with E-state index in [2.05, 4.69) is 53.2 Å². The molecule has 26 heavy (non-hydrogen) atoms. The van der Waals surface area contributed by atoms with Gasteiger partial charge in [0.05, 0.1) is 5.69 Å². The van der Waals surface area contributed by atoms with Crippen molar-refractivity contribution < 1.29 is 4.42 Å². The van der Waals surface area contributed by atoms with Crippen molar-refractivity contribution >= 4 is 29.9 Å². The van der Waals surface area contributed by atoms with Crippen LogP contribution in [-0.4, -0.2) is 47.6 Å². The average Bonchev–Trinajstić information content (AvgIpc) is 2.88. The van der Waals surface area contributed by atoms with Crippen LogP contribution >= 0.6 is 24.0 Å². The van der Waals surface area contributed by atoms with Crippen LogP contribution in [0.25, 0.3) is 0 Å². The van der Waals surface area contributed by atoms with Crippen LogP contribution in [0.5, 0.6) is 0 Å². The summed E-state index contributed by atoms with van der Waals surface area (Å²) < 4.78 is 5.61. The highest BCUT2D eigenvalue weighted by atomic mass is 127. The van der Waals surface area contributed by atoms with Gasteiger partial charge in [-0.05, 0) is 59.9 Å². The maximum atomic E-state index is 5.61. The van der Waals surface area contributed by atoms with Crippen molar-refractivity contribution in [2.45, 2.75) is 66.5 Å². The van der Waals surface area contributed by atoms with Crippen molar-refractivity contribution in [1.82, 2.24) is 20.5 Å². The number of likely N-dealkylation sites (tertiary alicyclic amines) is 1. The molecule has 2 N–H and O–H groups in total. The second-order valence-electron chi connectivity index (χ2n) is 7.80. The molecule has 1 saturated heterocycles. The van der Waals surface area contributed by atoms with E-state index >= 15 is 0 Å². The third kappa shape index (κ3) is 6.72. The van der Waals surface area contributed by atoms with E-state index in [9.17, 15) is 0 Å². The number of halogens is 1. The number of oxazole rings is 1. The molecule has 2 rings (SSSR count). The number of hydrogen-bond donors (Lipinski definition) is 2. The van der Waals surface area contributed by atoms with Gasteiger partial charge >= 0.3 is 0 Å². The first-order valence-corrected chi connectivity index (χ1v) is 9.52. The molecule has 7 heteroatoms. The summed E-state index contributed by atoms with van der Waals surface area (Å²) in [5.41, 5.74) is 1.03. The maximum absolute atomic E-state index is 5.61.